The quantitative estimate of drug-likeness (QED) is 0.514. The summed E-state index contributed by atoms with van der Waals surface area (Å²) in [6.07, 6.45) is 0.0979. The summed E-state index contributed by atoms with van der Waals surface area (Å²) >= 11 is 0. The summed E-state index contributed by atoms with van der Waals surface area (Å²) in [6, 6.07) is 17.3. The summed E-state index contributed by atoms with van der Waals surface area (Å²) in [7, 11) is 1.58. The lowest BCUT2D eigenvalue weighted by molar-refractivity contribution is -0.126. The van der Waals surface area contributed by atoms with Crippen LogP contribution in [0.1, 0.15) is 59.5 Å². The van der Waals surface area contributed by atoms with E-state index in [0.717, 1.165) is 16.7 Å². The van der Waals surface area contributed by atoms with Crippen molar-refractivity contribution in [2.75, 3.05) is 13.9 Å². The Labute approximate surface area is 208 Å². The number of methoxy groups -OCH3 is 1. The second kappa shape index (κ2) is 9.11. The van der Waals surface area contributed by atoms with Crippen molar-refractivity contribution in [2.24, 2.45) is 0 Å². The van der Waals surface area contributed by atoms with Gasteiger partial charge in [0.25, 0.3) is 0 Å². The minimum absolute atomic E-state index is 0.144. The summed E-state index contributed by atoms with van der Waals surface area (Å²) in [5.41, 5.74) is 1.84. The molecule has 5 rings (SSSR count). The Hall–Kier alpha value is -4.20. The van der Waals surface area contributed by atoms with Gasteiger partial charge in [0.1, 0.15) is 17.6 Å². The summed E-state index contributed by atoms with van der Waals surface area (Å²) in [5, 5.41) is 12.5. The molecule has 0 unspecified atom stereocenters. The number of carbonyl (C=O) groups excluding carboxylic acids is 1. The first-order valence-electron chi connectivity index (χ1n) is 11.6. The molecule has 0 saturated heterocycles. The standard InChI is InChI=1S/C28H27NO7/c1-28(2,18-8-11-22-25(12-18)35-15-34-22)27(32)29-21-14-23(16-4-6-17(7-5-16)26(30)31)36-24-13-19(33-3)9-10-20(21)24/h4-13,21,23H,14-15H2,1-3H3,(H,29,32)(H,30,31)/t21-,23-/m1/s1. The largest absolute Gasteiger partial charge is 0.497 e. The number of hydrogen-bond donors (Lipinski definition) is 2. The Bertz CT molecular complexity index is 1320. The Morgan fingerprint density at radius 3 is 2.44 bits per heavy atom. The molecule has 0 radical (unpaired) electrons. The number of aromatic carboxylic acids is 1. The molecule has 8 heteroatoms. The van der Waals surface area contributed by atoms with E-state index in [1.807, 2.05) is 44.2 Å². The van der Waals surface area contributed by atoms with Gasteiger partial charge in [-0.15, -0.1) is 0 Å². The van der Waals surface area contributed by atoms with Gasteiger partial charge in [0.15, 0.2) is 11.5 Å². The fraction of sp³-hybridized carbons (Fsp3) is 0.286. The van der Waals surface area contributed by atoms with Crippen molar-refractivity contribution in [1.29, 1.82) is 0 Å². The van der Waals surface area contributed by atoms with Crippen LogP contribution in [0.15, 0.2) is 60.7 Å². The Balaban J connectivity index is 1.43. The number of amides is 1. The van der Waals surface area contributed by atoms with Crippen LogP contribution in [0.25, 0.3) is 0 Å². The zero-order chi connectivity index (χ0) is 25.4. The van der Waals surface area contributed by atoms with Gasteiger partial charge >= 0.3 is 5.97 Å². The van der Waals surface area contributed by atoms with Crippen molar-refractivity contribution >= 4 is 11.9 Å². The fourth-order valence-electron chi connectivity index (χ4n) is 4.51. The molecule has 186 valence electrons. The van der Waals surface area contributed by atoms with Crippen LogP contribution in [0.2, 0.25) is 0 Å². The topological polar surface area (TPSA) is 103 Å². The third-order valence-corrected chi connectivity index (χ3v) is 6.81. The molecule has 2 N–H and O–H groups in total. The van der Waals surface area contributed by atoms with E-state index in [0.29, 0.717) is 29.4 Å². The van der Waals surface area contributed by atoms with Crippen LogP contribution in [0.4, 0.5) is 0 Å². The molecule has 0 aromatic heterocycles. The second-order valence-electron chi connectivity index (χ2n) is 9.39. The lowest BCUT2D eigenvalue weighted by Crippen LogP contribution is -2.43. The first-order chi connectivity index (χ1) is 17.3. The smallest absolute Gasteiger partial charge is 0.335 e. The lowest BCUT2D eigenvalue weighted by atomic mass is 9.82. The van der Waals surface area contributed by atoms with Crippen molar-refractivity contribution in [3.63, 3.8) is 0 Å². The molecule has 0 bridgehead atoms. The van der Waals surface area contributed by atoms with Gasteiger partial charge in [-0.1, -0.05) is 18.2 Å². The monoisotopic (exact) mass is 489 g/mol. The molecule has 0 saturated carbocycles. The van der Waals surface area contributed by atoms with E-state index in [1.54, 1.807) is 37.4 Å². The van der Waals surface area contributed by atoms with Crippen molar-refractivity contribution in [3.8, 4) is 23.0 Å². The van der Waals surface area contributed by atoms with Gasteiger partial charge < -0.3 is 29.4 Å². The highest BCUT2D eigenvalue weighted by atomic mass is 16.7. The Morgan fingerprint density at radius 1 is 0.972 bits per heavy atom. The van der Waals surface area contributed by atoms with Crippen LogP contribution < -0.4 is 24.3 Å². The van der Waals surface area contributed by atoms with Crippen LogP contribution >= 0.6 is 0 Å². The van der Waals surface area contributed by atoms with Crippen LogP contribution in [0.3, 0.4) is 0 Å². The molecule has 0 aliphatic carbocycles. The molecule has 3 aromatic rings. The minimum atomic E-state index is -0.989. The maximum Gasteiger partial charge on any atom is 0.335 e. The molecule has 2 aliphatic heterocycles. The number of benzene rings is 3. The Kier molecular flexibility index (Phi) is 5.96. The predicted octanol–water partition coefficient (Wildman–Crippen LogP) is 4.78. The predicted molar refractivity (Wildman–Crippen MR) is 131 cm³/mol. The van der Waals surface area contributed by atoms with Gasteiger partial charge in [0.05, 0.1) is 24.1 Å². The maximum atomic E-state index is 13.6. The molecule has 1 amide bonds. The van der Waals surface area contributed by atoms with Crippen molar-refractivity contribution < 1.29 is 33.6 Å². The summed E-state index contributed by atoms with van der Waals surface area (Å²) < 4.78 is 22.6. The molecule has 2 aliphatic rings. The normalized spacial score (nSPS) is 18.1. The van der Waals surface area contributed by atoms with E-state index in [1.165, 1.54) is 0 Å². The van der Waals surface area contributed by atoms with Gasteiger partial charge in [0.2, 0.25) is 12.7 Å². The number of rotatable bonds is 6. The summed E-state index contributed by atoms with van der Waals surface area (Å²) in [4.78, 5) is 24.9. The molecule has 3 aromatic carbocycles. The van der Waals surface area contributed by atoms with Gasteiger partial charge in [0, 0.05) is 18.1 Å². The zero-order valence-electron chi connectivity index (χ0n) is 20.2. The van der Waals surface area contributed by atoms with Crippen LogP contribution in [0.5, 0.6) is 23.0 Å². The molecular formula is C28H27NO7. The Morgan fingerprint density at radius 2 is 1.72 bits per heavy atom. The molecule has 2 heterocycles. The molecule has 2 atom stereocenters. The third-order valence-electron chi connectivity index (χ3n) is 6.81. The van der Waals surface area contributed by atoms with Gasteiger partial charge in [-0.2, -0.15) is 0 Å². The summed E-state index contributed by atoms with van der Waals surface area (Å²) in [6.45, 7) is 3.91. The highest BCUT2D eigenvalue weighted by Crippen LogP contribution is 2.43. The van der Waals surface area contributed by atoms with E-state index in [9.17, 15) is 14.7 Å². The average Bonchev–Trinajstić information content (AvgIpc) is 3.36. The lowest BCUT2D eigenvalue weighted by Gasteiger charge is -2.35. The number of hydrogen-bond acceptors (Lipinski definition) is 6. The molecule has 0 spiro atoms. The number of ether oxygens (including phenoxy) is 4. The van der Waals surface area contributed by atoms with Crippen molar-refractivity contribution in [3.05, 3.63) is 82.9 Å². The summed E-state index contributed by atoms with van der Waals surface area (Å²) in [5.74, 6) is 1.41. The first kappa shape index (κ1) is 23.5. The highest BCUT2D eigenvalue weighted by Gasteiger charge is 2.36. The number of carbonyl (C=O) groups is 2. The van der Waals surface area contributed by atoms with Crippen molar-refractivity contribution in [2.45, 2.75) is 37.8 Å². The van der Waals surface area contributed by atoms with Crippen LogP contribution in [0, 0.1) is 0 Å². The van der Waals surface area contributed by atoms with Gasteiger partial charge in [-0.05, 0) is 61.4 Å². The molecule has 8 nitrogen and oxygen atoms in total. The van der Waals surface area contributed by atoms with Gasteiger partial charge in [-0.25, -0.2) is 4.79 Å². The number of carboxylic acids is 1. The first-order valence-corrected chi connectivity index (χ1v) is 11.6. The number of fused-ring (bicyclic) bond motifs is 2. The van der Waals surface area contributed by atoms with E-state index < -0.39 is 11.4 Å². The fourth-order valence-corrected chi connectivity index (χ4v) is 4.51. The van der Waals surface area contributed by atoms with E-state index in [4.69, 9.17) is 18.9 Å². The molecular weight excluding hydrogens is 462 g/mol. The second-order valence-corrected chi connectivity index (χ2v) is 9.39. The van der Waals surface area contributed by atoms with Crippen LogP contribution in [-0.2, 0) is 10.2 Å². The van der Waals surface area contributed by atoms with E-state index >= 15 is 0 Å². The molecule has 36 heavy (non-hydrogen) atoms. The SMILES string of the molecule is COc1ccc2c(c1)O[C@@H](c1ccc(C(=O)O)cc1)C[C@H]2NC(=O)C(C)(C)c1ccc2c(c1)OCO2. The third kappa shape index (κ3) is 4.30. The van der Waals surface area contributed by atoms with E-state index in [-0.39, 0.29) is 30.4 Å². The molecule has 0 fully saturated rings. The zero-order valence-corrected chi connectivity index (χ0v) is 20.2. The maximum absolute atomic E-state index is 13.6. The highest BCUT2D eigenvalue weighted by molar-refractivity contribution is 5.88. The number of carboxylic acid groups (broad SMARTS) is 1. The number of nitrogens with one attached hydrogen (secondary N) is 1. The average molecular weight is 490 g/mol. The van der Waals surface area contributed by atoms with E-state index in [2.05, 4.69) is 5.32 Å². The minimum Gasteiger partial charge on any atom is -0.497 e. The van der Waals surface area contributed by atoms with Crippen LogP contribution in [-0.4, -0.2) is 30.9 Å². The van der Waals surface area contributed by atoms with Gasteiger partial charge in [-0.3, -0.25) is 4.79 Å². The van der Waals surface area contributed by atoms with Crippen molar-refractivity contribution in [1.82, 2.24) is 5.32 Å².